The molecule has 0 radical (unpaired) electrons. The number of rotatable bonds is 3. The summed E-state index contributed by atoms with van der Waals surface area (Å²) >= 11 is 0. The monoisotopic (exact) mass is 346 g/mol. The van der Waals surface area contributed by atoms with Gasteiger partial charge in [0.05, 0.1) is 10.9 Å². The van der Waals surface area contributed by atoms with E-state index in [1.165, 1.54) is 17.0 Å². The molecule has 1 atom stereocenters. The number of piperidine rings is 1. The predicted octanol–water partition coefficient (Wildman–Crippen LogP) is 2.59. The van der Waals surface area contributed by atoms with Crippen LogP contribution in [0.1, 0.15) is 31.4 Å². The molecule has 1 aliphatic heterocycles. The van der Waals surface area contributed by atoms with Crippen LogP contribution in [0.3, 0.4) is 0 Å². The van der Waals surface area contributed by atoms with Crippen molar-refractivity contribution in [2.24, 2.45) is 0 Å². The molecule has 0 aliphatic carbocycles. The summed E-state index contributed by atoms with van der Waals surface area (Å²) in [7, 11) is -3.26. The zero-order valence-electron chi connectivity index (χ0n) is 13.1. The van der Waals surface area contributed by atoms with Gasteiger partial charge < -0.3 is 10.2 Å². The van der Waals surface area contributed by atoms with Crippen molar-refractivity contribution >= 4 is 15.9 Å². The van der Waals surface area contributed by atoms with Crippen molar-refractivity contribution in [3.8, 4) is 0 Å². The molecule has 1 unspecified atom stereocenters. The van der Waals surface area contributed by atoms with E-state index >= 15 is 0 Å². The molecule has 128 valence electrons. The summed E-state index contributed by atoms with van der Waals surface area (Å²) < 4.78 is 49.0. The topological polar surface area (TPSA) is 66.5 Å². The number of benzene rings is 1. The summed E-state index contributed by atoms with van der Waals surface area (Å²) in [6, 6.07) is 5.49. The molecule has 1 heterocycles. The van der Waals surface area contributed by atoms with Crippen LogP contribution in [-0.4, -0.2) is 44.6 Å². The third-order valence-corrected chi connectivity index (χ3v) is 5.06. The largest absolute Gasteiger partial charge is 0.331 e. The molecule has 8 heteroatoms. The maximum absolute atomic E-state index is 13.1. The van der Waals surface area contributed by atoms with Crippen molar-refractivity contribution in [2.75, 3.05) is 19.3 Å². The highest BCUT2D eigenvalue weighted by atomic mass is 32.2. The lowest BCUT2D eigenvalue weighted by atomic mass is 10.1. The van der Waals surface area contributed by atoms with Crippen LogP contribution >= 0.6 is 0 Å². The molecule has 0 bridgehead atoms. The molecule has 0 spiro atoms. The second kappa shape index (κ2) is 6.43. The molecule has 0 aromatic heterocycles. The molecule has 1 aromatic rings. The van der Waals surface area contributed by atoms with Crippen LogP contribution in [0.5, 0.6) is 0 Å². The summed E-state index contributed by atoms with van der Waals surface area (Å²) in [6.07, 6.45) is 0.481. The average molecular weight is 346 g/mol. The second-order valence-electron chi connectivity index (χ2n) is 5.86. The number of carbonyl (C=O) groups is 1. The van der Waals surface area contributed by atoms with Gasteiger partial charge in [0.25, 0.3) is 5.92 Å². The van der Waals surface area contributed by atoms with E-state index in [0.717, 1.165) is 11.8 Å². The third kappa shape index (κ3) is 4.63. The number of nitrogens with one attached hydrogen (secondary N) is 1. The predicted molar refractivity (Wildman–Crippen MR) is 82.3 cm³/mol. The van der Waals surface area contributed by atoms with Gasteiger partial charge in [-0.05, 0) is 24.6 Å². The SMILES string of the molecule is CC(NC(=O)N1CCC(F)(F)CC1)c1ccc(S(C)(=O)=O)cc1. The molecule has 23 heavy (non-hydrogen) atoms. The van der Waals surface area contributed by atoms with Gasteiger partial charge in [0.2, 0.25) is 0 Å². The average Bonchev–Trinajstić information content (AvgIpc) is 2.46. The van der Waals surface area contributed by atoms with Crippen LogP contribution in [0.2, 0.25) is 0 Å². The van der Waals surface area contributed by atoms with E-state index in [1.54, 1.807) is 19.1 Å². The number of alkyl halides is 2. The summed E-state index contributed by atoms with van der Waals surface area (Å²) in [6.45, 7) is 1.81. The molecule has 0 saturated carbocycles. The van der Waals surface area contributed by atoms with Crippen LogP contribution in [0.25, 0.3) is 0 Å². The first-order valence-electron chi connectivity index (χ1n) is 7.32. The van der Waals surface area contributed by atoms with Gasteiger partial charge in [-0.25, -0.2) is 22.0 Å². The Morgan fingerprint density at radius 3 is 2.22 bits per heavy atom. The number of likely N-dealkylation sites (tertiary alicyclic amines) is 1. The maximum Gasteiger partial charge on any atom is 0.317 e. The Bertz CT molecular complexity index is 664. The molecule has 2 rings (SSSR count). The van der Waals surface area contributed by atoms with Crippen molar-refractivity contribution in [1.82, 2.24) is 10.2 Å². The Labute approximate surface area is 134 Å². The van der Waals surface area contributed by atoms with Gasteiger partial charge in [0.15, 0.2) is 9.84 Å². The first-order chi connectivity index (χ1) is 10.6. The van der Waals surface area contributed by atoms with Gasteiger partial charge in [-0.15, -0.1) is 0 Å². The first-order valence-corrected chi connectivity index (χ1v) is 9.21. The van der Waals surface area contributed by atoms with Gasteiger partial charge in [-0.1, -0.05) is 12.1 Å². The molecule has 5 nitrogen and oxygen atoms in total. The fraction of sp³-hybridized carbons (Fsp3) is 0.533. The molecule has 2 amide bonds. The molecule has 1 fully saturated rings. The van der Waals surface area contributed by atoms with Crippen LogP contribution in [0, 0.1) is 0 Å². The standard InChI is InChI=1S/C15H20F2N2O3S/c1-11(12-3-5-13(6-4-12)23(2,21)22)18-14(20)19-9-7-15(16,17)8-10-19/h3-6,11H,7-10H2,1-2H3,(H,18,20). The van der Waals surface area contributed by atoms with E-state index in [-0.39, 0.29) is 42.9 Å². The summed E-state index contributed by atoms with van der Waals surface area (Å²) in [5.41, 5.74) is 0.744. The van der Waals surface area contributed by atoms with Crippen molar-refractivity contribution in [3.63, 3.8) is 0 Å². The van der Waals surface area contributed by atoms with Gasteiger partial charge in [-0.3, -0.25) is 0 Å². The van der Waals surface area contributed by atoms with E-state index in [4.69, 9.17) is 0 Å². The smallest absolute Gasteiger partial charge is 0.317 e. The van der Waals surface area contributed by atoms with E-state index < -0.39 is 15.8 Å². The van der Waals surface area contributed by atoms with E-state index in [9.17, 15) is 22.0 Å². The molecular weight excluding hydrogens is 326 g/mol. The summed E-state index contributed by atoms with van der Waals surface area (Å²) in [4.78, 5) is 13.7. The number of urea groups is 1. The lowest BCUT2D eigenvalue weighted by Gasteiger charge is -2.32. The number of sulfone groups is 1. The number of hydrogen-bond acceptors (Lipinski definition) is 3. The van der Waals surface area contributed by atoms with Gasteiger partial charge in [-0.2, -0.15) is 0 Å². The number of halogens is 2. The Morgan fingerprint density at radius 1 is 1.22 bits per heavy atom. The third-order valence-electron chi connectivity index (χ3n) is 3.93. The highest BCUT2D eigenvalue weighted by Gasteiger charge is 2.35. The van der Waals surface area contributed by atoms with Gasteiger partial charge in [0, 0.05) is 32.2 Å². The number of amides is 2. The maximum atomic E-state index is 13.1. The van der Waals surface area contributed by atoms with E-state index in [1.807, 2.05) is 0 Å². The fourth-order valence-electron chi connectivity index (χ4n) is 2.40. The molecule has 1 aliphatic rings. The van der Waals surface area contributed by atoms with Crippen molar-refractivity contribution in [2.45, 2.75) is 36.6 Å². The number of hydrogen-bond donors (Lipinski definition) is 1. The van der Waals surface area contributed by atoms with Crippen molar-refractivity contribution in [1.29, 1.82) is 0 Å². The minimum absolute atomic E-state index is 0.0264. The van der Waals surface area contributed by atoms with Crippen molar-refractivity contribution in [3.05, 3.63) is 29.8 Å². The summed E-state index contributed by atoms with van der Waals surface area (Å²) in [5, 5.41) is 2.74. The normalized spacial score (nSPS) is 19.2. The quantitative estimate of drug-likeness (QED) is 0.915. The van der Waals surface area contributed by atoms with Crippen LogP contribution in [0.15, 0.2) is 29.2 Å². The van der Waals surface area contributed by atoms with Crippen LogP contribution in [-0.2, 0) is 9.84 Å². The molecular formula is C15H20F2N2O3S. The van der Waals surface area contributed by atoms with Gasteiger partial charge >= 0.3 is 6.03 Å². The zero-order valence-corrected chi connectivity index (χ0v) is 13.9. The van der Waals surface area contributed by atoms with E-state index in [0.29, 0.717) is 0 Å². The lowest BCUT2D eigenvalue weighted by molar-refractivity contribution is -0.0470. The highest BCUT2D eigenvalue weighted by Crippen LogP contribution is 2.27. The second-order valence-corrected chi connectivity index (χ2v) is 7.87. The van der Waals surface area contributed by atoms with Gasteiger partial charge in [0.1, 0.15) is 0 Å². The highest BCUT2D eigenvalue weighted by molar-refractivity contribution is 7.90. The Hall–Kier alpha value is -1.70. The zero-order chi connectivity index (χ0) is 17.3. The van der Waals surface area contributed by atoms with E-state index in [2.05, 4.69) is 5.32 Å². The first kappa shape index (κ1) is 17.7. The fourth-order valence-corrected chi connectivity index (χ4v) is 3.03. The summed E-state index contributed by atoms with van der Waals surface area (Å²) in [5.74, 6) is -2.69. The molecule has 1 N–H and O–H groups in total. The molecule has 1 aromatic carbocycles. The number of carbonyl (C=O) groups excluding carboxylic acids is 1. The van der Waals surface area contributed by atoms with Crippen LogP contribution in [0.4, 0.5) is 13.6 Å². The number of nitrogens with zero attached hydrogens (tertiary/aromatic N) is 1. The minimum atomic E-state index is -3.26. The Kier molecular flexibility index (Phi) is 4.93. The lowest BCUT2D eigenvalue weighted by Crippen LogP contribution is -2.47. The Morgan fingerprint density at radius 2 is 1.74 bits per heavy atom. The molecule has 1 saturated heterocycles. The minimum Gasteiger partial charge on any atom is -0.331 e. The van der Waals surface area contributed by atoms with Crippen molar-refractivity contribution < 1.29 is 22.0 Å². The van der Waals surface area contributed by atoms with Crippen LogP contribution < -0.4 is 5.32 Å². The Balaban J connectivity index is 1.96.